The minimum absolute atomic E-state index is 0.0683. The van der Waals surface area contributed by atoms with E-state index in [1.165, 1.54) is 36.4 Å². The van der Waals surface area contributed by atoms with Crippen molar-refractivity contribution in [2.75, 3.05) is 5.32 Å². The monoisotopic (exact) mass is 352 g/mol. The van der Waals surface area contributed by atoms with Gasteiger partial charge in [0.15, 0.2) is 0 Å². The van der Waals surface area contributed by atoms with Gasteiger partial charge in [0.05, 0.1) is 10.5 Å². The van der Waals surface area contributed by atoms with Crippen LogP contribution in [0.2, 0.25) is 0 Å². The Labute approximate surface area is 147 Å². The molecule has 0 bridgehead atoms. The number of carbonyl (C=O) groups excluding carboxylic acids is 1. The molecule has 0 aliphatic heterocycles. The molecule has 7 heteroatoms. The normalized spacial score (nSPS) is 10.8. The van der Waals surface area contributed by atoms with Crippen molar-refractivity contribution in [1.29, 1.82) is 0 Å². The number of halogens is 1. The second-order valence-corrected chi connectivity index (χ2v) is 5.31. The molecule has 1 aromatic heterocycles. The smallest absolute Gasteiger partial charge is 0.280 e. The van der Waals surface area contributed by atoms with Crippen LogP contribution < -0.4 is 5.32 Å². The van der Waals surface area contributed by atoms with Crippen LogP contribution in [0.25, 0.3) is 17.4 Å². The molecule has 0 atom stereocenters. The van der Waals surface area contributed by atoms with Gasteiger partial charge in [0.25, 0.3) is 5.69 Å². The fourth-order valence-electron chi connectivity index (χ4n) is 2.34. The molecule has 26 heavy (non-hydrogen) atoms. The van der Waals surface area contributed by atoms with Crippen LogP contribution in [-0.2, 0) is 4.79 Å². The first kappa shape index (κ1) is 17.1. The van der Waals surface area contributed by atoms with Crippen LogP contribution >= 0.6 is 0 Å². The van der Waals surface area contributed by atoms with E-state index >= 15 is 0 Å². The molecule has 0 aliphatic carbocycles. The fraction of sp³-hybridized carbons (Fsp3) is 0. The van der Waals surface area contributed by atoms with Crippen molar-refractivity contribution in [1.82, 2.24) is 0 Å². The minimum atomic E-state index is -0.486. The first-order valence-electron chi connectivity index (χ1n) is 7.61. The third kappa shape index (κ3) is 4.02. The Hall–Kier alpha value is -3.74. The van der Waals surface area contributed by atoms with Crippen LogP contribution in [0, 0.1) is 15.9 Å². The highest BCUT2D eigenvalue weighted by Gasteiger charge is 2.16. The summed E-state index contributed by atoms with van der Waals surface area (Å²) in [5, 5.41) is 13.6. The zero-order valence-corrected chi connectivity index (χ0v) is 13.4. The van der Waals surface area contributed by atoms with E-state index in [1.54, 1.807) is 36.4 Å². The quantitative estimate of drug-likeness (QED) is 0.411. The van der Waals surface area contributed by atoms with Gasteiger partial charge in [0, 0.05) is 17.8 Å². The summed E-state index contributed by atoms with van der Waals surface area (Å²) in [5.74, 6) is -0.235. The molecule has 1 amide bonds. The first-order chi connectivity index (χ1) is 12.5. The molecule has 3 aromatic rings. The van der Waals surface area contributed by atoms with Crippen LogP contribution in [-0.4, -0.2) is 10.8 Å². The summed E-state index contributed by atoms with van der Waals surface area (Å²) in [6.45, 7) is 0. The maximum Gasteiger partial charge on any atom is 0.280 e. The third-order valence-electron chi connectivity index (χ3n) is 3.48. The molecular formula is C19H13FN2O4. The zero-order valence-electron chi connectivity index (χ0n) is 13.4. The van der Waals surface area contributed by atoms with Gasteiger partial charge < -0.3 is 9.73 Å². The molecule has 0 unspecified atom stereocenters. The number of para-hydroxylation sites is 1. The standard InChI is InChI=1S/C19H13FN2O4/c20-13-4-3-5-14(12-13)21-19(23)11-9-15-8-10-18(26-15)16-6-1-2-7-17(16)22(24)25/h1-12H,(H,21,23)/b11-9+. The lowest BCUT2D eigenvalue weighted by Gasteiger charge is -2.01. The van der Waals surface area contributed by atoms with Crippen LogP contribution in [0.1, 0.15) is 5.76 Å². The highest BCUT2D eigenvalue weighted by molar-refractivity contribution is 6.01. The van der Waals surface area contributed by atoms with Crippen molar-refractivity contribution in [3.8, 4) is 11.3 Å². The van der Waals surface area contributed by atoms with E-state index in [1.807, 2.05) is 0 Å². The van der Waals surface area contributed by atoms with Crippen LogP contribution in [0.15, 0.2) is 71.2 Å². The molecular weight excluding hydrogens is 339 g/mol. The van der Waals surface area contributed by atoms with Gasteiger partial charge >= 0.3 is 0 Å². The third-order valence-corrected chi connectivity index (χ3v) is 3.48. The molecule has 130 valence electrons. The van der Waals surface area contributed by atoms with Gasteiger partial charge in [-0.2, -0.15) is 0 Å². The lowest BCUT2D eigenvalue weighted by atomic mass is 10.1. The van der Waals surface area contributed by atoms with Crippen molar-refractivity contribution < 1.29 is 18.5 Å². The molecule has 0 aliphatic rings. The number of hydrogen-bond donors (Lipinski definition) is 1. The van der Waals surface area contributed by atoms with Crippen molar-refractivity contribution >= 4 is 23.4 Å². The molecule has 2 aromatic carbocycles. The fourth-order valence-corrected chi connectivity index (χ4v) is 2.34. The largest absolute Gasteiger partial charge is 0.456 e. The Kier molecular flexibility index (Phi) is 4.89. The van der Waals surface area contributed by atoms with E-state index in [0.717, 1.165) is 0 Å². The van der Waals surface area contributed by atoms with Crippen molar-refractivity contribution in [3.05, 3.63) is 88.4 Å². The lowest BCUT2D eigenvalue weighted by Crippen LogP contribution is -2.07. The molecule has 1 heterocycles. The van der Waals surface area contributed by atoms with Gasteiger partial charge in [-0.1, -0.05) is 18.2 Å². The van der Waals surface area contributed by atoms with E-state index in [9.17, 15) is 19.3 Å². The zero-order chi connectivity index (χ0) is 18.5. The van der Waals surface area contributed by atoms with Gasteiger partial charge in [-0.15, -0.1) is 0 Å². The summed E-state index contributed by atoms with van der Waals surface area (Å²) in [6.07, 6.45) is 2.65. The summed E-state index contributed by atoms with van der Waals surface area (Å²) in [5.41, 5.74) is 0.613. The topological polar surface area (TPSA) is 85.4 Å². The number of carbonyl (C=O) groups is 1. The minimum Gasteiger partial charge on any atom is -0.456 e. The molecule has 3 rings (SSSR count). The average Bonchev–Trinajstić information content (AvgIpc) is 3.09. The molecule has 0 radical (unpaired) electrons. The summed E-state index contributed by atoms with van der Waals surface area (Å²) < 4.78 is 18.6. The van der Waals surface area contributed by atoms with E-state index < -0.39 is 16.6 Å². The number of furan rings is 1. The van der Waals surface area contributed by atoms with Gasteiger partial charge in [-0.25, -0.2) is 4.39 Å². The Bertz CT molecular complexity index is 994. The van der Waals surface area contributed by atoms with Gasteiger partial charge in [-0.3, -0.25) is 14.9 Å². The van der Waals surface area contributed by atoms with Gasteiger partial charge in [0.1, 0.15) is 17.3 Å². The Morgan fingerprint density at radius 1 is 1.12 bits per heavy atom. The van der Waals surface area contributed by atoms with E-state index in [0.29, 0.717) is 22.8 Å². The SMILES string of the molecule is O=C(/C=C/c1ccc(-c2ccccc2[N+](=O)[O-])o1)Nc1cccc(F)c1. The second-order valence-electron chi connectivity index (χ2n) is 5.31. The summed E-state index contributed by atoms with van der Waals surface area (Å²) in [4.78, 5) is 22.5. The molecule has 6 nitrogen and oxygen atoms in total. The summed E-state index contributed by atoms with van der Waals surface area (Å²) in [6, 6.07) is 14.9. The van der Waals surface area contributed by atoms with Gasteiger partial charge in [-0.05, 0) is 42.5 Å². The number of nitrogens with one attached hydrogen (secondary N) is 1. The summed E-state index contributed by atoms with van der Waals surface area (Å²) in [7, 11) is 0. The van der Waals surface area contributed by atoms with Gasteiger partial charge in [0.2, 0.25) is 5.91 Å². The highest BCUT2D eigenvalue weighted by atomic mass is 19.1. The first-order valence-corrected chi connectivity index (χ1v) is 7.61. The number of nitrogens with zero attached hydrogens (tertiary/aromatic N) is 1. The second kappa shape index (κ2) is 7.43. The predicted molar refractivity (Wildman–Crippen MR) is 94.9 cm³/mol. The number of hydrogen-bond acceptors (Lipinski definition) is 4. The van der Waals surface area contributed by atoms with Crippen molar-refractivity contribution in [2.24, 2.45) is 0 Å². The van der Waals surface area contributed by atoms with Crippen LogP contribution in [0.4, 0.5) is 15.8 Å². The Morgan fingerprint density at radius 2 is 1.92 bits per heavy atom. The number of benzene rings is 2. The van der Waals surface area contributed by atoms with Crippen molar-refractivity contribution in [2.45, 2.75) is 0 Å². The maximum atomic E-state index is 13.1. The van der Waals surface area contributed by atoms with Crippen molar-refractivity contribution in [3.63, 3.8) is 0 Å². The highest BCUT2D eigenvalue weighted by Crippen LogP contribution is 2.31. The van der Waals surface area contributed by atoms with E-state index in [-0.39, 0.29) is 5.69 Å². The van der Waals surface area contributed by atoms with Crippen LogP contribution in [0.3, 0.4) is 0 Å². The Morgan fingerprint density at radius 3 is 2.69 bits per heavy atom. The Balaban J connectivity index is 1.73. The number of nitro benzene ring substituents is 1. The molecule has 1 N–H and O–H groups in total. The molecule has 0 saturated carbocycles. The number of rotatable bonds is 5. The number of anilines is 1. The average molecular weight is 352 g/mol. The van der Waals surface area contributed by atoms with E-state index in [4.69, 9.17) is 4.42 Å². The summed E-state index contributed by atoms with van der Waals surface area (Å²) >= 11 is 0. The molecule has 0 saturated heterocycles. The lowest BCUT2D eigenvalue weighted by molar-refractivity contribution is -0.384. The van der Waals surface area contributed by atoms with E-state index in [2.05, 4.69) is 5.32 Å². The molecule has 0 fully saturated rings. The maximum absolute atomic E-state index is 13.1. The van der Waals surface area contributed by atoms with Crippen LogP contribution in [0.5, 0.6) is 0 Å². The predicted octanol–water partition coefficient (Wildman–Crippen LogP) is 4.65. The molecule has 0 spiro atoms. The number of amides is 1. The number of nitro groups is 1.